The van der Waals surface area contributed by atoms with Gasteiger partial charge in [0.2, 0.25) is 5.89 Å². The van der Waals surface area contributed by atoms with E-state index in [2.05, 4.69) is 49.4 Å². The minimum atomic E-state index is -0.178. The van der Waals surface area contributed by atoms with Crippen LogP contribution in [0.3, 0.4) is 0 Å². The topological polar surface area (TPSA) is 105 Å². The van der Waals surface area contributed by atoms with Crippen LogP contribution in [-0.2, 0) is 13.6 Å². The van der Waals surface area contributed by atoms with Crippen molar-refractivity contribution >= 4 is 27.5 Å². The van der Waals surface area contributed by atoms with Gasteiger partial charge in [-0.15, -0.1) is 0 Å². The molecule has 7 rings (SSSR count). The minimum Gasteiger partial charge on any atom is -0.337 e. The van der Waals surface area contributed by atoms with Crippen LogP contribution in [0.2, 0.25) is 0 Å². The van der Waals surface area contributed by atoms with Crippen LogP contribution in [-0.4, -0.2) is 34.2 Å². The van der Waals surface area contributed by atoms with Gasteiger partial charge in [-0.25, -0.2) is 9.97 Å². The third kappa shape index (κ3) is 2.93. The quantitative estimate of drug-likeness (QED) is 0.413. The summed E-state index contributed by atoms with van der Waals surface area (Å²) in [5.74, 6) is 2.26. The minimum absolute atomic E-state index is 0.178. The summed E-state index contributed by atoms with van der Waals surface area (Å²) in [6, 6.07) is 8.65. The molecule has 4 heterocycles. The van der Waals surface area contributed by atoms with Crippen molar-refractivity contribution in [3.63, 3.8) is 0 Å². The first-order valence-electron chi connectivity index (χ1n) is 11.4. The molecule has 2 aliphatic carbocycles. The molecule has 0 N–H and O–H groups in total. The zero-order valence-electron chi connectivity index (χ0n) is 18.5. The molecule has 1 unspecified atom stereocenters. The molecule has 1 fully saturated rings. The number of hydrogen-bond donors (Lipinski definition) is 0. The van der Waals surface area contributed by atoms with E-state index in [1.165, 1.54) is 27.4 Å². The Kier molecular flexibility index (Phi) is 4.08. The van der Waals surface area contributed by atoms with Gasteiger partial charge in [-0.3, -0.25) is 14.3 Å². The Morgan fingerprint density at radius 3 is 2.91 bits per heavy atom. The summed E-state index contributed by atoms with van der Waals surface area (Å²) >= 11 is 0. The number of imidazole rings is 1. The third-order valence-electron chi connectivity index (χ3n) is 7.24. The fourth-order valence-electron chi connectivity index (χ4n) is 5.58. The number of benzene rings is 1. The van der Waals surface area contributed by atoms with Gasteiger partial charge < -0.3 is 9.09 Å². The van der Waals surface area contributed by atoms with Crippen molar-refractivity contribution in [2.45, 2.75) is 25.3 Å². The van der Waals surface area contributed by atoms with Crippen molar-refractivity contribution in [2.24, 2.45) is 18.9 Å². The average molecular weight is 451 g/mol. The van der Waals surface area contributed by atoms with Crippen LogP contribution in [0.25, 0.3) is 27.5 Å². The summed E-state index contributed by atoms with van der Waals surface area (Å²) in [6.07, 6.45) is 11.3. The molecule has 0 spiro atoms. The van der Waals surface area contributed by atoms with Crippen molar-refractivity contribution in [2.75, 3.05) is 0 Å². The van der Waals surface area contributed by atoms with Crippen molar-refractivity contribution < 1.29 is 4.52 Å². The number of fused-ring (bicyclic) bond motifs is 4. The Bertz CT molecular complexity index is 1660. The molecular weight excluding hydrogens is 430 g/mol. The lowest BCUT2D eigenvalue weighted by molar-refractivity contribution is 0.358. The van der Waals surface area contributed by atoms with Gasteiger partial charge in [-0.2, -0.15) is 4.98 Å². The molecule has 9 heteroatoms. The summed E-state index contributed by atoms with van der Waals surface area (Å²) in [6.45, 7) is 0.187. The second-order valence-electron chi connectivity index (χ2n) is 9.25. The molecule has 2 bridgehead atoms. The molecule has 2 aliphatic rings. The van der Waals surface area contributed by atoms with Crippen LogP contribution in [0.5, 0.6) is 0 Å². The van der Waals surface area contributed by atoms with Gasteiger partial charge in [0.25, 0.3) is 5.56 Å². The molecular formula is C25H21N7O2. The van der Waals surface area contributed by atoms with Crippen LogP contribution < -0.4 is 5.56 Å². The number of hydrogen-bond acceptors (Lipinski definition) is 7. The Balaban J connectivity index is 1.13. The highest BCUT2D eigenvalue weighted by Gasteiger charge is 2.43. The highest BCUT2D eigenvalue weighted by atomic mass is 16.5. The predicted octanol–water partition coefficient (Wildman–Crippen LogP) is 3.32. The number of nitrogens with zero attached hydrogens (tertiary/aromatic N) is 7. The van der Waals surface area contributed by atoms with Gasteiger partial charge in [0.15, 0.2) is 17.0 Å². The fraction of sp³-hybridized carbons (Fsp3) is 0.280. The van der Waals surface area contributed by atoms with Crippen LogP contribution in [0.15, 0.2) is 64.7 Å². The Morgan fingerprint density at radius 1 is 1.12 bits per heavy atom. The van der Waals surface area contributed by atoms with Crippen molar-refractivity contribution in [1.82, 2.24) is 34.2 Å². The summed E-state index contributed by atoms with van der Waals surface area (Å²) in [5, 5.41) is 6.64. The van der Waals surface area contributed by atoms with Crippen LogP contribution >= 0.6 is 0 Å². The average Bonchev–Trinajstić information content (AvgIpc) is 3.64. The lowest BCUT2D eigenvalue weighted by atomic mass is 9.86. The van der Waals surface area contributed by atoms with Crippen LogP contribution in [0.1, 0.15) is 36.0 Å². The number of allylic oxidation sites excluding steroid dienone is 2. The summed E-state index contributed by atoms with van der Waals surface area (Å²) in [4.78, 5) is 30.1. The number of aryl methyl sites for hydroxylation is 1. The molecule has 3 atom stereocenters. The highest BCUT2D eigenvalue weighted by molar-refractivity contribution is 5.86. The summed E-state index contributed by atoms with van der Waals surface area (Å²) in [7, 11) is 1.78. The van der Waals surface area contributed by atoms with Gasteiger partial charge in [-0.1, -0.05) is 23.4 Å². The zero-order valence-corrected chi connectivity index (χ0v) is 18.5. The maximum atomic E-state index is 12.8. The van der Waals surface area contributed by atoms with Crippen molar-refractivity contribution in [3.05, 3.63) is 83.0 Å². The highest BCUT2D eigenvalue weighted by Crippen LogP contribution is 2.54. The number of aromatic nitrogens is 7. The molecule has 9 nitrogen and oxygen atoms in total. The molecule has 168 valence electrons. The van der Waals surface area contributed by atoms with E-state index in [4.69, 9.17) is 4.52 Å². The van der Waals surface area contributed by atoms with E-state index in [9.17, 15) is 4.79 Å². The van der Waals surface area contributed by atoms with Gasteiger partial charge in [0.1, 0.15) is 12.9 Å². The van der Waals surface area contributed by atoms with E-state index in [0.717, 1.165) is 24.1 Å². The van der Waals surface area contributed by atoms with Gasteiger partial charge in [-0.05, 0) is 53.3 Å². The lowest BCUT2D eigenvalue weighted by Gasteiger charge is -2.19. The largest absolute Gasteiger partial charge is 0.337 e. The Labute approximate surface area is 193 Å². The first-order valence-corrected chi connectivity index (χ1v) is 11.4. The molecule has 5 aromatic rings. The normalized spacial score (nSPS) is 21.6. The van der Waals surface area contributed by atoms with Crippen molar-refractivity contribution in [1.29, 1.82) is 0 Å². The first-order chi connectivity index (χ1) is 16.6. The van der Waals surface area contributed by atoms with Gasteiger partial charge in [0, 0.05) is 30.7 Å². The molecule has 4 aromatic heterocycles. The molecule has 0 amide bonds. The lowest BCUT2D eigenvalue weighted by Crippen LogP contribution is -2.22. The number of pyridine rings is 1. The Morgan fingerprint density at radius 2 is 2.03 bits per heavy atom. The second-order valence-corrected chi connectivity index (χ2v) is 9.25. The van der Waals surface area contributed by atoms with E-state index >= 15 is 0 Å². The van der Waals surface area contributed by atoms with E-state index in [0.29, 0.717) is 28.9 Å². The van der Waals surface area contributed by atoms with Crippen molar-refractivity contribution in [3.8, 4) is 0 Å². The summed E-state index contributed by atoms with van der Waals surface area (Å²) < 4.78 is 8.68. The second kappa shape index (κ2) is 7.18. The monoisotopic (exact) mass is 451 g/mol. The Hall–Kier alpha value is -4.14. The fourth-order valence-corrected chi connectivity index (χ4v) is 5.58. The predicted molar refractivity (Wildman–Crippen MR) is 125 cm³/mol. The van der Waals surface area contributed by atoms with E-state index in [1.54, 1.807) is 17.9 Å². The molecule has 1 aromatic carbocycles. The van der Waals surface area contributed by atoms with Gasteiger partial charge >= 0.3 is 0 Å². The molecule has 34 heavy (non-hydrogen) atoms. The van der Waals surface area contributed by atoms with E-state index < -0.39 is 0 Å². The van der Waals surface area contributed by atoms with Crippen LogP contribution in [0.4, 0.5) is 0 Å². The standard InChI is InChI=1S/C25H21N7O2/c1-31-12-27-24-22(31)25(33)32(13-28-24)11-21-29-23(30-34-21)20-9-16-7-17(20)8-19(16)15-3-2-14-4-5-26-10-18(14)6-15/h2-6,8,10,12-13,16-17,20H,7,9,11H2,1H3/t16?,17-,20+/m1/s1. The molecule has 1 saturated carbocycles. The first kappa shape index (κ1) is 19.3. The molecule has 0 radical (unpaired) electrons. The number of rotatable bonds is 4. The third-order valence-corrected chi connectivity index (χ3v) is 7.24. The molecule has 0 saturated heterocycles. The smallest absolute Gasteiger partial charge is 0.280 e. The maximum absolute atomic E-state index is 12.8. The van der Waals surface area contributed by atoms with E-state index in [-0.39, 0.29) is 18.0 Å². The van der Waals surface area contributed by atoms with Crippen LogP contribution in [0, 0.1) is 11.8 Å². The van der Waals surface area contributed by atoms with E-state index in [1.807, 2.05) is 18.5 Å². The summed E-state index contributed by atoms with van der Waals surface area (Å²) in [5.41, 5.74) is 3.40. The zero-order chi connectivity index (χ0) is 22.8. The SMILES string of the molecule is Cn1cnc2ncn(Cc3nc([C@H]4CC5C[C@@H]4C=C5c4ccc5ccncc5c4)no3)c(=O)c21. The van der Waals surface area contributed by atoms with Gasteiger partial charge in [0.05, 0.1) is 6.33 Å². The maximum Gasteiger partial charge on any atom is 0.280 e. The molecule has 0 aliphatic heterocycles.